The number of rotatable bonds is 4. The van der Waals surface area contributed by atoms with E-state index in [1.165, 1.54) is 0 Å². The Kier molecular flexibility index (Phi) is 6.53. The van der Waals surface area contributed by atoms with Gasteiger partial charge in [0, 0.05) is 44.0 Å². The van der Waals surface area contributed by atoms with Gasteiger partial charge in [0.2, 0.25) is 0 Å². The summed E-state index contributed by atoms with van der Waals surface area (Å²) in [5.74, 6) is 1.00. The maximum Gasteiger partial charge on any atom is 0.410 e. The molecule has 1 aliphatic rings. The lowest BCUT2D eigenvalue weighted by molar-refractivity contribution is 0.0158. The van der Waals surface area contributed by atoms with E-state index in [0.717, 1.165) is 40.8 Å². The van der Waals surface area contributed by atoms with Gasteiger partial charge in [0.05, 0.1) is 17.6 Å². The number of nitrogens with zero attached hydrogens (tertiary/aromatic N) is 4. The second-order valence-electron chi connectivity index (χ2n) is 10.3. The number of aliphatic hydroxyl groups excluding tert-OH is 1. The number of aliphatic hydroxyl groups is 1. The molecule has 34 heavy (non-hydrogen) atoms. The summed E-state index contributed by atoms with van der Waals surface area (Å²) >= 11 is 0. The smallest absolute Gasteiger partial charge is 0.410 e. The molecule has 1 amide bonds. The molecule has 1 atom stereocenters. The van der Waals surface area contributed by atoms with Crippen molar-refractivity contribution < 1.29 is 14.6 Å². The molecule has 8 heteroatoms. The molecule has 1 fully saturated rings. The fraction of sp³-hybridized carbons (Fsp3) is 0.500. The molecule has 1 N–H and O–H groups in total. The Balaban J connectivity index is 1.71. The number of pyridine rings is 1. The first kappa shape index (κ1) is 24.0. The molecule has 1 saturated heterocycles. The first-order valence-corrected chi connectivity index (χ1v) is 11.8. The first-order valence-electron chi connectivity index (χ1n) is 11.8. The molecule has 3 aromatic rings. The molecule has 0 aliphatic carbocycles. The number of carbonyl (C=O) groups excluding carboxylic acids is 1. The van der Waals surface area contributed by atoms with Crippen LogP contribution in [0.25, 0.3) is 22.4 Å². The van der Waals surface area contributed by atoms with Crippen molar-refractivity contribution in [3.8, 4) is 11.4 Å². The second kappa shape index (κ2) is 9.25. The lowest BCUT2D eigenvalue weighted by atomic mass is 9.98. The number of imidazole rings is 1. The van der Waals surface area contributed by atoms with Gasteiger partial charge in [-0.15, -0.1) is 0 Å². The zero-order chi connectivity index (χ0) is 24.6. The largest absolute Gasteiger partial charge is 0.444 e. The van der Waals surface area contributed by atoms with E-state index in [1.54, 1.807) is 16.5 Å². The van der Waals surface area contributed by atoms with Crippen LogP contribution in [0.1, 0.15) is 44.7 Å². The van der Waals surface area contributed by atoms with Crippen molar-refractivity contribution in [2.75, 3.05) is 13.1 Å². The number of hydrogen-bond acceptors (Lipinski definition) is 5. The molecule has 182 valence electrons. The fourth-order valence-corrected chi connectivity index (χ4v) is 4.64. The third-order valence-corrected chi connectivity index (χ3v) is 6.23. The van der Waals surface area contributed by atoms with Gasteiger partial charge in [-0.25, -0.2) is 9.78 Å². The van der Waals surface area contributed by atoms with Crippen LogP contribution < -0.4 is 5.56 Å². The molecule has 1 unspecified atom stereocenters. The molecule has 0 bridgehead atoms. The van der Waals surface area contributed by atoms with E-state index in [9.17, 15) is 14.7 Å². The number of fused-ring (bicyclic) bond motifs is 1. The molecule has 4 rings (SSSR count). The number of benzene rings is 1. The van der Waals surface area contributed by atoms with Gasteiger partial charge in [0.15, 0.2) is 0 Å². The molecule has 2 aromatic heterocycles. The quantitative estimate of drug-likeness (QED) is 0.631. The number of hydrogen-bond donors (Lipinski definition) is 1. The molecule has 0 saturated carbocycles. The van der Waals surface area contributed by atoms with Crippen LogP contribution in [0.3, 0.4) is 0 Å². The number of carbonyl (C=O) groups is 1. The van der Waals surface area contributed by atoms with Crippen LogP contribution >= 0.6 is 0 Å². The van der Waals surface area contributed by atoms with Crippen molar-refractivity contribution in [3.63, 3.8) is 0 Å². The molecule has 1 aromatic carbocycles. The average molecular weight is 467 g/mol. The normalized spacial score (nSPS) is 16.8. The lowest BCUT2D eigenvalue weighted by Crippen LogP contribution is -2.43. The maximum atomic E-state index is 12.7. The van der Waals surface area contributed by atoms with Crippen LogP contribution in [-0.4, -0.2) is 48.9 Å². The lowest BCUT2D eigenvalue weighted by Gasteiger charge is -2.34. The van der Waals surface area contributed by atoms with Crippen molar-refractivity contribution in [2.24, 2.45) is 13.0 Å². The van der Waals surface area contributed by atoms with Crippen molar-refractivity contribution in [1.29, 1.82) is 0 Å². The molecular formula is C26H34N4O4. The molecule has 0 radical (unpaired) electrons. The maximum absolute atomic E-state index is 12.7. The number of amides is 1. The van der Waals surface area contributed by atoms with Gasteiger partial charge in [-0.2, -0.15) is 0 Å². The zero-order valence-corrected chi connectivity index (χ0v) is 20.7. The summed E-state index contributed by atoms with van der Waals surface area (Å²) in [7, 11) is 1.75. The first-order chi connectivity index (χ1) is 16.1. The topological polar surface area (TPSA) is 89.6 Å². The number of ether oxygens (including phenoxy) is 1. The van der Waals surface area contributed by atoms with Crippen LogP contribution in [0.15, 0.2) is 35.3 Å². The summed E-state index contributed by atoms with van der Waals surface area (Å²) in [4.78, 5) is 31.6. The minimum atomic E-state index is -0.528. The van der Waals surface area contributed by atoms with Gasteiger partial charge < -0.3 is 23.9 Å². The Morgan fingerprint density at radius 1 is 1.26 bits per heavy atom. The molecule has 1 aliphatic heterocycles. The highest BCUT2D eigenvalue weighted by atomic mass is 16.6. The van der Waals surface area contributed by atoms with Gasteiger partial charge in [0.1, 0.15) is 11.4 Å². The van der Waals surface area contributed by atoms with E-state index in [4.69, 9.17) is 9.72 Å². The highest BCUT2D eigenvalue weighted by Crippen LogP contribution is 2.29. The highest BCUT2D eigenvalue weighted by Gasteiger charge is 2.29. The monoisotopic (exact) mass is 466 g/mol. The Bertz CT molecular complexity index is 1240. The summed E-state index contributed by atoms with van der Waals surface area (Å²) in [5, 5.41) is 9.70. The highest BCUT2D eigenvalue weighted by molar-refractivity contribution is 5.81. The Labute approximate surface area is 199 Å². The summed E-state index contributed by atoms with van der Waals surface area (Å²) < 4.78 is 9.34. The standard InChI is InChI=1S/C26H34N4O4/c1-17-11-20(15-28(5)24(17)32)23-27-21-9-8-18(16-31)12-22(21)30(23)14-19-7-6-10-29(13-19)25(33)34-26(2,3)4/h8-9,11-12,15,19,31H,6-7,10,13-14,16H2,1-5H3. The minimum Gasteiger partial charge on any atom is -0.444 e. The van der Waals surface area contributed by atoms with Crippen molar-refractivity contribution in [1.82, 2.24) is 19.0 Å². The average Bonchev–Trinajstić information content (AvgIpc) is 3.13. The third kappa shape index (κ3) is 5.01. The number of aryl methyl sites for hydroxylation is 2. The van der Waals surface area contributed by atoms with E-state index < -0.39 is 5.60 Å². The van der Waals surface area contributed by atoms with E-state index in [-0.39, 0.29) is 24.2 Å². The summed E-state index contributed by atoms with van der Waals surface area (Å²) in [6.07, 6.45) is 3.44. The van der Waals surface area contributed by atoms with Gasteiger partial charge in [-0.3, -0.25) is 4.79 Å². The SMILES string of the molecule is Cc1cc(-c2nc3ccc(CO)cc3n2CC2CCCN(C(=O)OC(C)(C)C)C2)cn(C)c1=O. The second-order valence-corrected chi connectivity index (χ2v) is 10.3. The molecule has 3 heterocycles. The number of likely N-dealkylation sites (tertiary alicyclic amines) is 1. The van der Waals surface area contributed by atoms with Gasteiger partial charge in [-0.1, -0.05) is 6.07 Å². The van der Waals surface area contributed by atoms with Crippen molar-refractivity contribution in [3.05, 3.63) is 51.9 Å². The summed E-state index contributed by atoms with van der Waals surface area (Å²) in [5.41, 5.74) is 3.54. The number of piperidine rings is 1. The van der Waals surface area contributed by atoms with Gasteiger partial charge >= 0.3 is 6.09 Å². The van der Waals surface area contributed by atoms with Crippen molar-refractivity contribution >= 4 is 17.1 Å². The van der Waals surface area contributed by atoms with Crippen LogP contribution in [0.2, 0.25) is 0 Å². The van der Waals surface area contributed by atoms with Gasteiger partial charge in [-0.05, 0) is 70.2 Å². The fourth-order valence-electron chi connectivity index (χ4n) is 4.64. The summed E-state index contributed by atoms with van der Waals surface area (Å²) in [6, 6.07) is 7.64. The van der Waals surface area contributed by atoms with Crippen LogP contribution in [-0.2, 0) is 24.9 Å². The van der Waals surface area contributed by atoms with Crippen LogP contribution in [0.4, 0.5) is 4.79 Å². The third-order valence-electron chi connectivity index (χ3n) is 6.23. The van der Waals surface area contributed by atoms with E-state index >= 15 is 0 Å². The predicted octanol–water partition coefficient (Wildman–Crippen LogP) is 3.85. The van der Waals surface area contributed by atoms with E-state index in [2.05, 4.69) is 4.57 Å². The predicted molar refractivity (Wildman–Crippen MR) is 132 cm³/mol. The molecule has 0 spiro atoms. The van der Waals surface area contributed by atoms with E-state index in [0.29, 0.717) is 25.2 Å². The van der Waals surface area contributed by atoms with Gasteiger partial charge in [0.25, 0.3) is 5.56 Å². The number of aromatic nitrogens is 3. The molecule has 8 nitrogen and oxygen atoms in total. The Morgan fingerprint density at radius 3 is 2.71 bits per heavy atom. The Hall–Kier alpha value is -3.13. The minimum absolute atomic E-state index is 0.0331. The van der Waals surface area contributed by atoms with Crippen LogP contribution in [0, 0.1) is 12.8 Å². The Morgan fingerprint density at radius 2 is 2.03 bits per heavy atom. The van der Waals surface area contributed by atoms with E-state index in [1.807, 2.05) is 58.2 Å². The van der Waals surface area contributed by atoms with Crippen LogP contribution in [0.5, 0.6) is 0 Å². The summed E-state index contributed by atoms with van der Waals surface area (Å²) in [6.45, 7) is 9.37. The zero-order valence-electron chi connectivity index (χ0n) is 20.7. The van der Waals surface area contributed by atoms with Crippen molar-refractivity contribution in [2.45, 2.75) is 59.3 Å². The molecular weight excluding hydrogens is 432 g/mol.